The van der Waals surface area contributed by atoms with Crippen LogP contribution in [0.4, 0.5) is 0 Å². The summed E-state index contributed by atoms with van der Waals surface area (Å²) < 4.78 is 1.12. The second-order valence-electron chi connectivity index (χ2n) is 4.59. The summed E-state index contributed by atoms with van der Waals surface area (Å²) in [6.07, 6.45) is 3.64. The van der Waals surface area contributed by atoms with Crippen LogP contribution < -0.4 is 5.73 Å². The van der Waals surface area contributed by atoms with Gasteiger partial charge in [0.1, 0.15) is 5.01 Å². The Morgan fingerprint density at radius 1 is 1.26 bits per heavy atom. The number of thiazole rings is 1. The van der Waals surface area contributed by atoms with E-state index in [0.29, 0.717) is 12.5 Å². The second-order valence-corrected chi connectivity index (χ2v) is 5.62. The molecule has 0 amide bonds. The van der Waals surface area contributed by atoms with Gasteiger partial charge in [0.15, 0.2) is 0 Å². The van der Waals surface area contributed by atoms with E-state index in [9.17, 15) is 0 Å². The minimum Gasteiger partial charge on any atom is -0.330 e. The first kappa shape index (κ1) is 12.3. The van der Waals surface area contributed by atoms with Gasteiger partial charge in [-0.25, -0.2) is 4.98 Å². The number of rotatable bonds is 3. The van der Waals surface area contributed by atoms with Crippen LogP contribution in [-0.4, -0.2) is 16.5 Å². The van der Waals surface area contributed by atoms with Crippen LogP contribution in [0.2, 0.25) is 0 Å². The molecular formula is C15H15N3S. The number of aromatic nitrogens is 2. The van der Waals surface area contributed by atoms with Crippen LogP contribution in [0.3, 0.4) is 0 Å². The third-order valence-corrected chi connectivity index (χ3v) is 4.31. The molecule has 0 aliphatic heterocycles. The lowest BCUT2D eigenvalue weighted by molar-refractivity contribution is 0.776. The van der Waals surface area contributed by atoms with Crippen molar-refractivity contribution < 1.29 is 0 Å². The molecule has 2 heterocycles. The molecule has 0 fully saturated rings. The Bertz CT molecular complexity index is 672. The smallest absolute Gasteiger partial charge is 0.124 e. The molecule has 0 radical (unpaired) electrons. The minimum absolute atomic E-state index is 0.335. The highest BCUT2D eigenvalue weighted by Crippen LogP contribution is 2.34. The Labute approximate surface area is 116 Å². The Morgan fingerprint density at radius 2 is 2.11 bits per heavy atom. The zero-order valence-corrected chi connectivity index (χ0v) is 11.5. The highest BCUT2D eigenvalue weighted by molar-refractivity contribution is 7.21. The lowest BCUT2D eigenvalue weighted by atomic mass is 9.96. The first-order chi connectivity index (χ1) is 9.29. The van der Waals surface area contributed by atoms with E-state index in [1.54, 1.807) is 17.5 Å². The number of pyridine rings is 1. The molecule has 3 aromatic rings. The first-order valence-electron chi connectivity index (χ1n) is 6.29. The molecule has 0 aliphatic carbocycles. The van der Waals surface area contributed by atoms with E-state index in [4.69, 9.17) is 10.7 Å². The molecule has 0 saturated heterocycles. The van der Waals surface area contributed by atoms with Crippen LogP contribution in [0.15, 0.2) is 42.7 Å². The van der Waals surface area contributed by atoms with Crippen LogP contribution in [0.25, 0.3) is 20.8 Å². The third-order valence-electron chi connectivity index (χ3n) is 3.27. The fourth-order valence-electron chi connectivity index (χ4n) is 2.14. The normalized spacial score (nSPS) is 12.7. The van der Waals surface area contributed by atoms with E-state index in [2.05, 4.69) is 30.1 Å². The van der Waals surface area contributed by atoms with E-state index < -0.39 is 0 Å². The summed E-state index contributed by atoms with van der Waals surface area (Å²) in [4.78, 5) is 8.84. The molecule has 3 rings (SSSR count). The van der Waals surface area contributed by atoms with Crippen LogP contribution in [0.5, 0.6) is 0 Å². The maximum atomic E-state index is 5.80. The van der Waals surface area contributed by atoms with E-state index in [1.165, 1.54) is 11.1 Å². The van der Waals surface area contributed by atoms with Crippen molar-refractivity contribution in [3.8, 4) is 10.6 Å². The Hall–Kier alpha value is -1.78. The number of hydrogen-bond donors (Lipinski definition) is 1. The van der Waals surface area contributed by atoms with Crippen molar-refractivity contribution in [2.24, 2.45) is 5.73 Å². The predicted molar refractivity (Wildman–Crippen MR) is 80.3 cm³/mol. The van der Waals surface area contributed by atoms with Crippen LogP contribution >= 0.6 is 11.3 Å². The zero-order valence-electron chi connectivity index (χ0n) is 10.7. The molecule has 19 heavy (non-hydrogen) atoms. The quantitative estimate of drug-likeness (QED) is 0.792. The number of nitrogens with two attached hydrogens (primary N) is 1. The van der Waals surface area contributed by atoms with Gasteiger partial charge in [-0.2, -0.15) is 0 Å². The molecule has 0 spiro atoms. The topological polar surface area (TPSA) is 51.8 Å². The summed E-state index contributed by atoms with van der Waals surface area (Å²) in [5, 5.41) is 1.04. The first-order valence-corrected chi connectivity index (χ1v) is 7.11. The molecule has 4 heteroatoms. The average molecular weight is 269 g/mol. The molecule has 2 aromatic heterocycles. The SMILES string of the molecule is CC(CN)c1ccccc1-c1nc2ccncc2s1. The highest BCUT2D eigenvalue weighted by atomic mass is 32.1. The second kappa shape index (κ2) is 5.07. The van der Waals surface area contributed by atoms with E-state index in [0.717, 1.165) is 15.2 Å². The number of benzene rings is 1. The minimum atomic E-state index is 0.335. The lowest BCUT2D eigenvalue weighted by Gasteiger charge is -2.12. The summed E-state index contributed by atoms with van der Waals surface area (Å²) in [7, 11) is 0. The molecule has 1 unspecified atom stereocenters. The zero-order chi connectivity index (χ0) is 13.2. The molecule has 0 bridgehead atoms. The molecule has 0 aliphatic rings. The maximum absolute atomic E-state index is 5.80. The van der Waals surface area contributed by atoms with Crippen LogP contribution in [0.1, 0.15) is 18.4 Å². The summed E-state index contributed by atoms with van der Waals surface area (Å²) >= 11 is 1.68. The van der Waals surface area contributed by atoms with Gasteiger partial charge in [0, 0.05) is 18.0 Å². The van der Waals surface area contributed by atoms with Crippen LogP contribution in [-0.2, 0) is 0 Å². The summed E-state index contributed by atoms with van der Waals surface area (Å²) in [5.74, 6) is 0.335. The lowest BCUT2D eigenvalue weighted by Crippen LogP contribution is -2.09. The Balaban J connectivity index is 2.15. The van der Waals surface area contributed by atoms with Crippen molar-refractivity contribution in [1.82, 2.24) is 9.97 Å². The van der Waals surface area contributed by atoms with Gasteiger partial charge < -0.3 is 5.73 Å². The summed E-state index contributed by atoms with van der Waals surface area (Å²) in [5.41, 5.74) is 9.25. The number of fused-ring (bicyclic) bond motifs is 1. The molecule has 1 aromatic carbocycles. The molecular weight excluding hydrogens is 254 g/mol. The third kappa shape index (κ3) is 2.25. The highest BCUT2D eigenvalue weighted by Gasteiger charge is 2.13. The molecule has 96 valence electrons. The fraction of sp³-hybridized carbons (Fsp3) is 0.200. The van der Waals surface area contributed by atoms with Crippen LogP contribution in [0, 0.1) is 0 Å². The van der Waals surface area contributed by atoms with Gasteiger partial charge in [-0.3, -0.25) is 4.98 Å². The largest absolute Gasteiger partial charge is 0.330 e. The number of hydrogen-bond acceptors (Lipinski definition) is 4. The van der Waals surface area contributed by atoms with Crippen molar-refractivity contribution in [2.45, 2.75) is 12.8 Å². The maximum Gasteiger partial charge on any atom is 0.124 e. The van der Waals surface area contributed by atoms with E-state index in [-0.39, 0.29) is 0 Å². The Kier molecular flexibility index (Phi) is 3.27. The van der Waals surface area contributed by atoms with Crippen molar-refractivity contribution in [1.29, 1.82) is 0 Å². The van der Waals surface area contributed by atoms with Gasteiger partial charge in [0.2, 0.25) is 0 Å². The van der Waals surface area contributed by atoms with Crippen molar-refractivity contribution in [3.05, 3.63) is 48.3 Å². The standard InChI is InChI=1S/C15H15N3S/c1-10(8-16)11-4-2-3-5-12(11)15-18-13-6-7-17-9-14(13)19-15/h2-7,9-10H,8,16H2,1H3. The van der Waals surface area contributed by atoms with Gasteiger partial charge in [-0.05, 0) is 24.1 Å². The molecule has 3 nitrogen and oxygen atoms in total. The predicted octanol–water partition coefficient (Wildman–Crippen LogP) is 3.42. The van der Waals surface area contributed by atoms with Gasteiger partial charge in [-0.1, -0.05) is 31.2 Å². The molecule has 0 saturated carbocycles. The summed E-state index contributed by atoms with van der Waals surface area (Å²) in [6, 6.07) is 10.3. The molecule has 1 atom stereocenters. The van der Waals surface area contributed by atoms with Gasteiger partial charge >= 0.3 is 0 Å². The Morgan fingerprint density at radius 3 is 2.89 bits per heavy atom. The number of nitrogens with zero attached hydrogens (tertiary/aromatic N) is 2. The van der Waals surface area contributed by atoms with Gasteiger partial charge in [0.25, 0.3) is 0 Å². The summed E-state index contributed by atoms with van der Waals surface area (Å²) in [6.45, 7) is 2.79. The average Bonchev–Trinajstić information content (AvgIpc) is 2.90. The van der Waals surface area contributed by atoms with Crippen molar-refractivity contribution in [3.63, 3.8) is 0 Å². The molecule has 2 N–H and O–H groups in total. The van der Waals surface area contributed by atoms with Gasteiger partial charge in [-0.15, -0.1) is 11.3 Å². The fourth-order valence-corrected chi connectivity index (χ4v) is 3.12. The monoisotopic (exact) mass is 269 g/mol. The van der Waals surface area contributed by atoms with E-state index >= 15 is 0 Å². The van der Waals surface area contributed by atoms with E-state index in [1.807, 2.05) is 18.3 Å². The van der Waals surface area contributed by atoms with Gasteiger partial charge in [0.05, 0.1) is 10.2 Å². The van der Waals surface area contributed by atoms with Crippen molar-refractivity contribution in [2.75, 3.05) is 6.54 Å². The van der Waals surface area contributed by atoms with Crippen molar-refractivity contribution >= 4 is 21.6 Å².